The molecule has 0 aliphatic carbocycles. The number of nitrogen functional groups attached to an aromatic ring is 1. The molecular formula is C21H25N4O8P. The number of hydrogen-bond donors (Lipinski definition) is 3. The van der Waals surface area contributed by atoms with Crippen LogP contribution in [0.3, 0.4) is 0 Å². The van der Waals surface area contributed by atoms with Gasteiger partial charge in [0.05, 0.1) is 12.7 Å². The lowest BCUT2D eigenvalue weighted by Crippen LogP contribution is -2.36. The zero-order chi connectivity index (χ0) is 24.7. The van der Waals surface area contributed by atoms with E-state index < -0.39 is 43.9 Å². The summed E-state index contributed by atoms with van der Waals surface area (Å²) in [5, 5.41) is 12.9. The van der Waals surface area contributed by atoms with Crippen LogP contribution in [-0.4, -0.2) is 52.1 Å². The predicted octanol–water partition coefficient (Wildman–Crippen LogP) is 0.832. The number of nitrogens with zero attached hydrogens (tertiary/aromatic N) is 2. The lowest BCUT2D eigenvalue weighted by Gasteiger charge is -2.24. The van der Waals surface area contributed by atoms with E-state index in [1.165, 1.54) is 23.8 Å². The Morgan fingerprint density at radius 2 is 2.18 bits per heavy atom. The number of aromatic nitrogens is 2. The van der Waals surface area contributed by atoms with E-state index in [2.05, 4.69) is 16.0 Å². The van der Waals surface area contributed by atoms with Crippen molar-refractivity contribution >= 4 is 19.5 Å². The largest absolute Gasteiger partial charge is 0.459 e. The number of terminal acetylenes is 1. The number of nitrogens with two attached hydrogens (primary N) is 1. The number of anilines is 1. The van der Waals surface area contributed by atoms with Crippen LogP contribution in [0.15, 0.2) is 47.4 Å². The SMILES string of the molecule is C#CCOC(=O)[C@H](C)N[P@](=O)(OC[C@@H]1O[C@H](n2ccc(N)nc2=O)C[C@H]1O)Oc1ccccc1. The first-order chi connectivity index (χ1) is 16.2. The van der Waals surface area contributed by atoms with Crippen molar-refractivity contribution in [1.29, 1.82) is 0 Å². The molecule has 1 aromatic heterocycles. The highest BCUT2D eigenvalue weighted by Gasteiger charge is 2.39. The van der Waals surface area contributed by atoms with E-state index >= 15 is 0 Å². The molecule has 3 rings (SSSR count). The third kappa shape index (κ3) is 6.66. The number of aliphatic hydroxyl groups is 1. The molecule has 12 nitrogen and oxygen atoms in total. The van der Waals surface area contributed by atoms with Gasteiger partial charge in [-0.25, -0.2) is 9.36 Å². The van der Waals surface area contributed by atoms with Crippen LogP contribution >= 0.6 is 7.75 Å². The van der Waals surface area contributed by atoms with Crippen LogP contribution in [0.25, 0.3) is 0 Å². The Morgan fingerprint density at radius 3 is 2.85 bits per heavy atom. The Bertz CT molecular complexity index is 1140. The highest BCUT2D eigenvalue weighted by Crippen LogP contribution is 2.45. The molecule has 0 unspecified atom stereocenters. The number of aliphatic hydroxyl groups excluding tert-OH is 1. The Morgan fingerprint density at radius 1 is 1.44 bits per heavy atom. The molecule has 0 amide bonds. The van der Waals surface area contributed by atoms with Gasteiger partial charge in [-0.3, -0.25) is 13.9 Å². The van der Waals surface area contributed by atoms with Crippen LogP contribution in [-0.2, 0) is 23.4 Å². The van der Waals surface area contributed by atoms with Gasteiger partial charge in [-0.1, -0.05) is 24.1 Å². The third-order valence-electron chi connectivity index (χ3n) is 4.75. The molecule has 0 radical (unpaired) electrons. The number of carbonyl (C=O) groups is 1. The highest BCUT2D eigenvalue weighted by molar-refractivity contribution is 7.52. The summed E-state index contributed by atoms with van der Waals surface area (Å²) in [6.45, 7) is 0.775. The van der Waals surface area contributed by atoms with E-state index in [4.69, 9.17) is 30.7 Å². The van der Waals surface area contributed by atoms with Crippen molar-refractivity contribution in [2.75, 3.05) is 18.9 Å². The monoisotopic (exact) mass is 492 g/mol. The molecule has 34 heavy (non-hydrogen) atoms. The molecule has 182 valence electrons. The number of benzene rings is 1. The quantitative estimate of drug-likeness (QED) is 0.244. The first-order valence-electron chi connectivity index (χ1n) is 10.3. The zero-order valence-electron chi connectivity index (χ0n) is 18.3. The molecule has 0 bridgehead atoms. The third-order valence-corrected chi connectivity index (χ3v) is 6.39. The first-order valence-corrected chi connectivity index (χ1v) is 11.8. The van der Waals surface area contributed by atoms with Crippen molar-refractivity contribution in [3.05, 3.63) is 53.1 Å². The van der Waals surface area contributed by atoms with Gasteiger partial charge < -0.3 is 24.8 Å². The minimum absolute atomic E-state index is 0.0552. The molecule has 5 atom stereocenters. The van der Waals surface area contributed by atoms with Gasteiger partial charge in [-0.15, -0.1) is 6.42 Å². The predicted molar refractivity (Wildman–Crippen MR) is 120 cm³/mol. The maximum Gasteiger partial charge on any atom is 0.459 e. The number of rotatable bonds is 10. The fraction of sp³-hybridized carbons (Fsp3) is 0.381. The fourth-order valence-corrected chi connectivity index (χ4v) is 4.59. The van der Waals surface area contributed by atoms with Crippen molar-refractivity contribution in [3.8, 4) is 18.1 Å². The summed E-state index contributed by atoms with van der Waals surface area (Å²) in [6.07, 6.45) is 3.73. The zero-order valence-corrected chi connectivity index (χ0v) is 19.2. The van der Waals surface area contributed by atoms with Gasteiger partial charge in [0.15, 0.2) is 6.61 Å². The molecule has 1 aliphatic rings. The van der Waals surface area contributed by atoms with Crippen molar-refractivity contribution in [1.82, 2.24) is 14.6 Å². The molecule has 0 saturated carbocycles. The second kappa shape index (κ2) is 11.3. The van der Waals surface area contributed by atoms with Gasteiger partial charge in [0.2, 0.25) is 0 Å². The van der Waals surface area contributed by atoms with E-state index in [0.29, 0.717) is 0 Å². The molecule has 0 spiro atoms. The summed E-state index contributed by atoms with van der Waals surface area (Å²) in [5.74, 6) is 1.68. The van der Waals surface area contributed by atoms with Crippen molar-refractivity contribution in [2.24, 2.45) is 0 Å². The summed E-state index contributed by atoms with van der Waals surface area (Å²) in [5.41, 5.74) is 4.86. The summed E-state index contributed by atoms with van der Waals surface area (Å²) in [7, 11) is -4.16. The second-order valence-electron chi connectivity index (χ2n) is 7.33. The molecule has 4 N–H and O–H groups in total. The molecule has 13 heteroatoms. The Balaban J connectivity index is 1.70. The maximum absolute atomic E-state index is 13.5. The second-order valence-corrected chi connectivity index (χ2v) is 9.03. The van der Waals surface area contributed by atoms with E-state index in [-0.39, 0.29) is 31.2 Å². The maximum atomic E-state index is 13.5. The molecule has 2 heterocycles. The number of hydrogen-bond acceptors (Lipinski definition) is 10. The number of esters is 1. The van der Waals surface area contributed by atoms with Gasteiger partial charge >= 0.3 is 19.4 Å². The van der Waals surface area contributed by atoms with E-state index in [0.717, 1.165) is 0 Å². The van der Waals surface area contributed by atoms with Crippen molar-refractivity contribution in [3.63, 3.8) is 0 Å². The Labute approximate surface area is 195 Å². The number of para-hydroxylation sites is 1. The summed E-state index contributed by atoms with van der Waals surface area (Å²) in [6, 6.07) is 8.50. The van der Waals surface area contributed by atoms with Gasteiger partial charge in [0.25, 0.3) is 0 Å². The Kier molecular flexibility index (Phi) is 8.44. The molecular weight excluding hydrogens is 467 g/mol. The molecule has 1 aliphatic heterocycles. The number of carbonyl (C=O) groups excluding carboxylic acids is 1. The molecule has 1 fully saturated rings. The molecule has 1 aromatic carbocycles. The first kappa shape index (κ1) is 25.4. The molecule has 1 saturated heterocycles. The van der Waals surface area contributed by atoms with E-state index in [1.54, 1.807) is 30.3 Å². The fourth-order valence-electron chi connectivity index (χ4n) is 3.09. The normalized spacial score (nSPS) is 22.3. The average molecular weight is 492 g/mol. The highest BCUT2D eigenvalue weighted by atomic mass is 31.2. The Hall–Kier alpha value is -3.20. The van der Waals surface area contributed by atoms with Crippen LogP contribution in [0.2, 0.25) is 0 Å². The van der Waals surface area contributed by atoms with Crippen LogP contribution in [0.5, 0.6) is 5.75 Å². The summed E-state index contributed by atoms with van der Waals surface area (Å²) in [4.78, 5) is 27.8. The van der Waals surface area contributed by atoms with Crippen LogP contribution in [0.4, 0.5) is 5.82 Å². The smallest absolute Gasteiger partial charge is 0.451 e. The number of nitrogens with one attached hydrogen (secondary N) is 1. The van der Waals surface area contributed by atoms with Gasteiger partial charge in [0, 0.05) is 12.6 Å². The van der Waals surface area contributed by atoms with Gasteiger partial charge in [-0.05, 0) is 25.1 Å². The minimum Gasteiger partial charge on any atom is -0.451 e. The molecule has 2 aromatic rings. The average Bonchev–Trinajstić information content (AvgIpc) is 3.16. The number of ether oxygens (including phenoxy) is 2. The minimum atomic E-state index is -4.16. The topological polar surface area (TPSA) is 164 Å². The van der Waals surface area contributed by atoms with Crippen molar-refractivity contribution < 1.29 is 33.0 Å². The van der Waals surface area contributed by atoms with E-state index in [9.17, 15) is 19.3 Å². The lowest BCUT2D eigenvalue weighted by molar-refractivity contribution is -0.143. The van der Waals surface area contributed by atoms with Gasteiger partial charge in [-0.2, -0.15) is 10.1 Å². The van der Waals surface area contributed by atoms with Crippen LogP contribution in [0.1, 0.15) is 19.6 Å². The summed E-state index contributed by atoms with van der Waals surface area (Å²) < 4.78 is 36.2. The van der Waals surface area contributed by atoms with Crippen molar-refractivity contribution in [2.45, 2.75) is 37.8 Å². The van der Waals surface area contributed by atoms with Crippen LogP contribution < -0.4 is 21.0 Å². The van der Waals surface area contributed by atoms with Gasteiger partial charge in [0.1, 0.15) is 29.9 Å². The van der Waals surface area contributed by atoms with E-state index in [1.807, 2.05) is 0 Å². The lowest BCUT2D eigenvalue weighted by atomic mass is 10.2. The van der Waals surface area contributed by atoms with Crippen LogP contribution in [0, 0.1) is 12.3 Å². The standard InChI is InChI=1S/C21H25N4O8P/c1-3-11-30-20(27)14(2)24-34(29,33-15-7-5-4-6-8-15)31-13-17-16(26)12-19(32-17)25-10-9-18(22)23-21(25)28/h1,4-10,14,16-17,19,26H,11-13H2,2H3,(H,24,29)(H2,22,23,28)/t14-,16+,17-,19-,34-/m0/s1. The summed E-state index contributed by atoms with van der Waals surface area (Å²) >= 11 is 0.